The van der Waals surface area contributed by atoms with Gasteiger partial charge >= 0.3 is 0 Å². The Hall–Kier alpha value is -0.570. The van der Waals surface area contributed by atoms with Crippen LogP contribution in [0.15, 0.2) is 0 Å². The fraction of sp³-hybridized carbons (Fsp3) is 0.952. The van der Waals surface area contributed by atoms with Crippen LogP contribution in [0.2, 0.25) is 0 Å². The molecule has 1 amide bonds. The van der Waals surface area contributed by atoms with Crippen LogP contribution in [-0.4, -0.2) is 36.0 Å². The Kier molecular flexibility index (Phi) is 3.26. The van der Waals surface area contributed by atoms with Gasteiger partial charge in [0.1, 0.15) is 0 Å². The zero-order valence-corrected chi connectivity index (χ0v) is 15.6. The normalized spacial score (nSPS) is 53.2. The van der Waals surface area contributed by atoms with Crippen molar-refractivity contribution in [3.63, 3.8) is 0 Å². The van der Waals surface area contributed by atoms with Gasteiger partial charge in [0, 0.05) is 18.6 Å². The summed E-state index contributed by atoms with van der Waals surface area (Å²) in [4.78, 5) is 16.1. The van der Waals surface area contributed by atoms with Gasteiger partial charge in [-0.1, -0.05) is 13.8 Å². The topological polar surface area (TPSA) is 32.3 Å². The van der Waals surface area contributed by atoms with Crippen LogP contribution in [0.4, 0.5) is 0 Å². The van der Waals surface area contributed by atoms with Crippen LogP contribution < -0.4 is 5.32 Å². The molecule has 2 saturated heterocycles. The second-order valence-electron chi connectivity index (χ2n) is 10.9. The van der Waals surface area contributed by atoms with Crippen LogP contribution in [0.5, 0.6) is 0 Å². The fourth-order valence-corrected chi connectivity index (χ4v) is 8.39. The summed E-state index contributed by atoms with van der Waals surface area (Å²) in [5, 5.41) is 3.56. The molecule has 6 atom stereocenters. The van der Waals surface area contributed by atoms with Crippen LogP contribution >= 0.6 is 0 Å². The minimum Gasteiger partial charge on any atom is -0.353 e. The molecule has 1 N–H and O–H groups in total. The van der Waals surface area contributed by atoms with Crippen molar-refractivity contribution in [1.82, 2.24) is 10.2 Å². The van der Waals surface area contributed by atoms with Gasteiger partial charge in [0.25, 0.3) is 0 Å². The summed E-state index contributed by atoms with van der Waals surface area (Å²) in [7, 11) is 0. The highest BCUT2D eigenvalue weighted by Gasteiger charge is 2.62. The standard InChI is InChI=1S/C21H34N2O/c1-19-9-15-10-20(2,12-19)14-21(11-15,13-19)18(24)22-16-5-7-23-6-3-4-17(23)8-16/h15-17H,3-14H2,1-2H3,(H,22,24)/t15?,16-,17+,19-,20+,21?/m1/s1. The minimum atomic E-state index is -0.0320. The number of carbonyl (C=O) groups is 1. The monoisotopic (exact) mass is 330 g/mol. The number of fused-ring (bicyclic) bond motifs is 1. The molecule has 6 rings (SSSR count). The van der Waals surface area contributed by atoms with Crippen molar-refractivity contribution in [3.8, 4) is 0 Å². The maximum absolute atomic E-state index is 13.4. The lowest BCUT2D eigenvalue weighted by Gasteiger charge is -2.64. The molecule has 2 unspecified atom stereocenters. The Bertz CT molecular complexity index is 540. The number of hydrogen-bond donors (Lipinski definition) is 1. The van der Waals surface area contributed by atoms with Crippen molar-refractivity contribution >= 4 is 5.91 Å². The number of rotatable bonds is 2. The van der Waals surface area contributed by atoms with E-state index in [2.05, 4.69) is 24.1 Å². The molecule has 134 valence electrons. The number of amides is 1. The molecule has 0 spiro atoms. The molecule has 2 heterocycles. The van der Waals surface area contributed by atoms with Gasteiger partial charge in [-0.05, 0) is 87.5 Å². The van der Waals surface area contributed by atoms with Crippen LogP contribution in [0.3, 0.4) is 0 Å². The van der Waals surface area contributed by atoms with Crippen molar-refractivity contribution < 1.29 is 4.79 Å². The van der Waals surface area contributed by atoms with E-state index in [4.69, 9.17) is 0 Å². The first-order valence-electron chi connectivity index (χ1n) is 10.4. The Morgan fingerprint density at radius 1 is 1.00 bits per heavy atom. The third-order valence-corrected chi connectivity index (χ3v) is 8.26. The maximum Gasteiger partial charge on any atom is 0.226 e. The van der Waals surface area contributed by atoms with E-state index in [1.807, 2.05) is 0 Å². The molecule has 4 bridgehead atoms. The summed E-state index contributed by atoms with van der Waals surface area (Å²) < 4.78 is 0. The Morgan fingerprint density at radius 2 is 1.75 bits per heavy atom. The molecule has 0 radical (unpaired) electrons. The predicted octanol–water partition coefficient (Wildman–Crippen LogP) is 3.73. The van der Waals surface area contributed by atoms with E-state index in [-0.39, 0.29) is 5.41 Å². The predicted molar refractivity (Wildman–Crippen MR) is 95.6 cm³/mol. The fourth-order valence-electron chi connectivity index (χ4n) is 8.39. The van der Waals surface area contributed by atoms with Gasteiger partial charge in [-0.15, -0.1) is 0 Å². The second kappa shape index (κ2) is 4.99. The molecule has 24 heavy (non-hydrogen) atoms. The van der Waals surface area contributed by atoms with Crippen molar-refractivity contribution in [3.05, 3.63) is 0 Å². The molecule has 3 heteroatoms. The van der Waals surface area contributed by atoms with Gasteiger partial charge in [0.15, 0.2) is 0 Å². The summed E-state index contributed by atoms with van der Waals surface area (Å²) >= 11 is 0. The Morgan fingerprint density at radius 3 is 2.46 bits per heavy atom. The molecule has 2 aliphatic heterocycles. The van der Waals surface area contributed by atoms with Gasteiger partial charge in [-0.25, -0.2) is 0 Å². The number of hydrogen-bond acceptors (Lipinski definition) is 2. The van der Waals surface area contributed by atoms with Crippen molar-refractivity contribution in [1.29, 1.82) is 0 Å². The molecule has 3 nitrogen and oxygen atoms in total. The quantitative estimate of drug-likeness (QED) is 0.837. The van der Waals surface area contributed by atoms with E-state index in [0.717, 1.165) is 31.2 Å². The smallest absolute Gasteiger partial charge is 0.226 e. The molecule has 4 aliphatic carbocycles. The largest absolute Gasteiger partial charge is 0.353 e. The van der Waals surface area contributed by atoms with E-state index >= 15 is 0 Å². The molecule has 0 aromatic carbocycles. The first kappa shape index (κ1) is 15.7. The highest BCUT2D eigenvalue weighted by molar-refractivity contribution is 5.83. The van der Waals surface area contributed by atoms with Crippen LogP contribution in [0, 0.1) is 22.2 Å². The molecule has 6 aliphatic rings. The van der Waals surface area contributed by atoms with E-state index in [0.29, 0.717) is 22.8 Å². The van der Waals surface area contributed by atoms with E-state index in [1.54, 1.807) is 0 Å². The van der Waals surface area contributed by atoms with E-state index < -0.39 is 0 Å². The first-order chi connectivity index (χ1) is 11.4. The van der Waals surface area contributed by atoms with Crippen LogP contribution in [0.25, 0.3) is 0 Å². The van der Waals surface area contributed by atoms with Gasteiger partial charge in [0.05, 0.1) is 5.41 Å². The SMILES string of the molecule is C[C@]12CC3CC(C(=O)N[C@@H]4CCN5CCC[C@H]5C4)(C1)C[C@@](C)(C3)C2. The number of nitrogens with zero attached hydrogens (tertiary/aromatic N) is 1. The summed E-state index contributed by atoms with van der Waals surface area (Å²) in [5.41, 5.74) is 0.830. The number of nitrogens with one attached hydrogen (secondary N) is 1. The number of carbonyl (C=O) groups excluding carboxylic acids is 1. The average Bonchev–Trinajstić information content (AvgIpc) is 2.90. The van der Waals surface area contributed by atoms with Crippen LogP contribution in [0.1, 0.15) is 78.1 Å². The zero-order chi connectivity index (χ0) is 16.6. The molecular weight excluding hydrogens is 296 g/mol. The molecular formula is C21H34N2O. The first-order valence-corrected chi connectivity index (χ1v) is 10.4. The Labute approximate surface area is 146 Å². The second-order valence-corrected chi connectivity index (χ2v) is 10.9. The van der Waals surface area contributed by atoms with Gasteiger partial charge in [0.2, 0.25) is 5.91 Å². The molecule has 0 aromatic rings. The van der Waals surface area contributed by atoms with Gasteiger partial charge in [-0.3, -0.25) is 4.79 Å². The molecule has 0 aromatic heterocycles. The summed E-state index contributed by atoms with van der Waals surface area (Å²) in [6, 6.07) is 1.18. The van der Waals surface area contributed by atoms with Crippen molar-refractivity contribution in [2.75, 3.05) is 13.1 Å². The third-order valence-electron chi connectivity index (χ3n) is 8.26. The van der Waals surface area contributed by atoms with Crippen molar-refractivity contribution in [2.24, 2.45) is 22.2 Å². The van der Waals surface area contributed by atoms with Crippen LogP contribution in [-0.2, 0) is 4.79 Å². The Balaban J connectivity index is 1.32. The summed E-state index contributed by atoms with van der Waals surface area (Å²) in [6.45, 7) is 7.41. The van der Waals surface area contributed by atoms with Crippen molar-refractivity contribution in [2.45, 2.75) is 90.1 Å². The van der Waals surface area contributed by atoms with E-state index in [1.165, 1.54) is 58.0 Å². The molecule has 6 fully saturated rings. The maximum atomic E-state index is 13.4. The van der Waals surface area contributed by atoms with E-state index in [9.17, 15) is 4.79 Å². The van der Waals surface area contributed by atoms with Gasteiger partial charge in [-0.2, -0.15) is 0 Å². The summed E-state index contributed by atoms with van der Waals surface area (Å²) in [5.74, 6) is 1.24. The van der Waals surface area contributed by atoms with Gasteiger partial charge < -0.3 is 10.2 Å². The lowest BCUT2D eigenvalue weighted by molar-refractivity contribution is -0.171. The highest BCUT2D eigenvalue weighted by Crippen LogP contribution is 2.69. The lowest BCUT2D eigenvalue weighted by Crippen LogP contribution is -2.61. The summed E-state index contributed by atoms with van der Waals surface area (Å²) in [6.07, 6.45) is 12.6. The average molecular weight is 331 g/mol. The highest BCUT2D eigenvalue weighted by atomic mass is 16.2. The lowest BCUT2D eigenvalue weighted by atomic mass is 9.40. The zero-order valence-electron chi connectivity index (χ0n) is 15.6. The third kappa shape index (κ3) is 2.37. The minimum absolute atomic E-state index is 0.0320. The molecule has 4 saturated carbocycles. The number of piperidine rings is 1.